The predicted molar refractivity (Wildman–Crippen MR) is 134 cm³/mol. The maximum Gasteiger partial charge on any atom is 0.223 e. The fourth-order valence-corrected chi connectivity index (χ4v) is 5.70. The number of amides is 1. The summed E-state index contributed by atoms with van der Waals surface area (Å²) in [5.41, 5.74) is 5.07. The Balaban J connectivity index is 1.12. The zero-order valence-electron chi connectivity index (χ0n) is 20.4. The van der Waals surface area contributed by atoms with Gasteiger partial charge in [0.2, 0.25) is 5.91 Å². The highest BCUT2D eigenvalue weighted by Crippen LogP contribution is 2.30. The van der Waals surface area contributed by atoms with Crippen LogP contribution in [0.4, 0.5) is 13.2 Å². The molecule has 0 saturated carbocycles. The van der Waals surface area contributed by atoms with Gasteiger partial charge in [0.05, 0.1) is 12.3 Å². The van der Waals surface area contributed by atoms with E-state index >= 15 is 0 Å². The van der Waals surface area contributed by atoms with Crippen molar-refractivity contribution in [3.8, 4) is 0 Å². The Morgan fingerprint density at radius 1 is 1.11 bits per heavy atom. The number of imidazole rings is 1. The molecule has 6 nitrogen and oxygen atoms in total. The summed E-state index contributed by atoms with van der Waals surface area (Å²) in [5, 5.41) is 0. The molecule has 0 bridgehead atoms. The summed E-state index contributed by atoms with van der Waals surface area (Å²) in [6.45, 7) is 2.46. The highest BCUT2D eigenvalue weighted by atomic mass is 19.1. The summed E-state index contributed by atoms with van der Waals surface area (Å²) in [7, 11) is 0. The number of fused-ring (bicyclic) bond motifs is 1. The molecule has 1 aromatic carbocycles. The van der Waals surface area contributed by atoms with E-state index in [1.807, 2.05) is 33.8 Å². The van der Waals surface area contributed by atoms with Gasteiger partial charge in [-0.15, -0.1) is 0 Å². The average molecular weight is 508 g/mol. The molecular formula is C28H28F3N5O. The van der Waals surface area contributed by atoms with Crippen LogP contribution in [0.3, 0.4) is 0 Å². The molecule has 9 heteroatoms. The van der Waals surface area contributed by atoms with Gasteiger partial charge in [-0.25, -0.2) is 18.2 Å². The van der Waals surface area contributed by atoms with Gasteiger partial charge in [0.25, 0.3) is 0 Å². The number of hydrogen-bond donors (Lipinski definition) is 0. The molecule has 5 heterocycles. The third kappa shape index (κ3) is 4.68. The number of piperidine rings is 1. The summed E-state index contributed by atoms with van der Waals surface area (Å²) >= 11 is 0. The number of aliphatic imine (C=N–C) groups is 1. The van der Waals surface area contributed by atoms with Crippen LogP contribution < -0.4 is 0 Å². The second kappa shape index (κ2) is 9.78. The second-order valence-corrected chi connectivity index (χ2v) is 10.1. The number of nitrogens with zero attached hydrogens (tertiary/aromatic N) is 5. The molecule has 2 aromatic heterocycles. The molecule has 3 aromatic rings. The van der Waals surface area contributed by atoms with E-state index < -0.39 is 23.7 Å². The highest BCUT2D eigenvalue weighted by Gasteiger charge is 2.35. The van der Waals surface area contributed by atoms with Crippen LogP contribution in [0.15, 0.2) is 65.1 Å². The van der Waals surface area contributed by atoms with Gasteiger partial charge in [0.1, 0.15) is 23.5 Å². The van der Waals surface area contributed by atoms with Crippen molar-refractivity contribution < 1.29 is 18.0 Å². The van der Waals surface area contributed by atoms with Gasteiger partial charge in [0.15, 0.2) is 0 Å². The molecular weight excluding hydrogens is 479 g/mol. The number of carbonyl (C=O) groups is 1. The molecule has 192 valence electrons. The zero-order chi connectivity index (χ0) is 25.5. The summed E-state index contributed by atoms with van der Waals surface area (Å²) in [6, 6.07) is 7.75. The van der Waals surface area contributed by atoms with Crippen molar-refractivity contribution in [1.29, 1.82) is 0 Å². The molecule has 37 heavy (non-hydrogen) atoms. The van der Waals surface area contributed by atoms with Crippen LogP contribution in [0.5, 0.6) is 0 Å². The lowest BCUT2D eigenvalue weighted by Crippen LogP contribution is -2.45. The first-order valence-corrected chi connectivity index (χ1v) is 12.7. The van der Waals surface area contributed by atoms with Crippen LogP contribution in [0.2, 0.25) is 0 Å². The van der Waals surface area contributed by atoms with Crippen LogP contribution in [0, 0.1) is 17.6 Å². The first-order chi connectivity index (χ1) is 18.0. The molecule has 6 rings (SSSR count). The summed E-state index contributed by atoms with van der Waals surface area (Å²) in [6.07, 6.45) is 5.60. The smallest absolute Gasteiger partial charge is 0.223 e. The summed E-state index contributed by atoms with van der Waals surface area (Å²) in [4.78, 5) is 26.0. The third-order valence-corrected chi connectivity index (χ3v) is 7.79. The minimum absolute atomic E-state index is 0.0117. The fourth-order valence-electron chi connectivity index (χ4n) is 5.70. The Hall–Kier alpha value is -3.46. The molecule has 0 radical (unpaired) electrons. The number of aromatic nitrogens is 2. The lowest BCUT2D eigenvalue weighted by molar-refractivity contribution is -0.133. The molecule has 3 aliphatic rings. The molecule has 3 aliphatic heterocycles. The van der Waals surface area contributed by atoms with Gasteiger partial charge in [-0.1, -0.05) is 6.07 Å². The SMILES string of the molecule is O=C(CC1CN(Cc2c(F)cccc2F)CCC1F)N1CCC2=C(C1)C(c1ccc3nccn3c1)=NC2. The van der Waals surface area contributed by atoms with Crippen LogP contribution in [-0.4, -0.2) is 69.7 Å². The van der Waals surface area contributed by atoms with Gasteiger partial charge < -0.3 is 9.30 Å². The van der Waals surface area contributed by atoms with Gasteiger partial charge in [-0.05, 0) is 48.3 Å². The molecule has 1 amide bonds. The standard InChI is InChI=1S/C28H28F3N5O/c29-23-7-9-34(16-22-24(30)2-1-3-25(22)31)14-20(23)12-27(37)36-10-6-18-13-33-28(21(18)17-36)19-4-5-26-32-8-11-35(26)15-19/h1-5,8,11,15,20,23H,6-7,9-10,12-14,16-17H2. The lowest BCUT2D eigenvalue weighted by atomic mass is 9.90. The van der Waals surface area contributed by atoms with Gasteiger partial charge >= 0.3 is 0 Å². The summed E-state index contributed by atoms with van der Waals surface area (Å²) < 4.78 is 45.1. The maximum absolute atomic E-state index is 14.9. The van der Waals surface area contributed by atoms with Gasteiger partial charge in [-0.3, -0.25) is 14.7 Å². The van der Waals surface area contributed by atoms with Crippen molar-refractivity contribution in [3.05, 3.63) is 82.8 Å². The van der Waals surface area contributed by atoms with Crippen molar-refractivity contribution >= 4 is 17.3 Å². The van der Waals surface area contributed by atoms with Gasteiger partial charge in [-0.2, -0.15) is 0 Å². The van der Waals surface area contributed by atoms with Crippen molar-refractivity contribution in [2.75, 3.05) is 32.7 Å². The Bertz CT molecular complexity index is 1390. The number of likely N-dealkylation sites (tertiary alicyclic amines) is 1. The van der Waals surface area contributed by atoms with Crippen molar-refractivity contribution in [2.45, 2.75) is 32.0 Å². The quantitative estimate of drug-likeness (QED) is 0.521. The number of benzene rings is 1. The number of hydrogen-bond acceptors (Lipinski definition) is 4. The van der Waals surface area contributed by atoms with E-state index in [0.717, 1.165) is 28.9 Å². The summed E-state index contributed by atoms with van der Waals surface area (Å²) in [5.74, 6) is -1.80. The minimum Gasteiger partial charge on any atom is -0.338 e. The van der Waals surface area contributed by atoms with Crippen LogP contribution >= 0.6 is 0 Å². The Morgan fingerprint density at radius 3 is 2.78 bits per heavy atom. The maximum atomic E-state index is 14.9. The van der Waals surface area contributed by atoms with Crippen molar-refractivity contribution in [2.24, 2.45) is 10.9 Å². The first kappa shape index (κ1) is 23.9. The second-order valence-electron chi connectivity index (χ2n) is 10.1. The third-order valence-electron chi connectivity index (χ3n) is 7.79. The van der Waals surface area contributed by atoms with Crippen molar-refractivity contribution in [3.63, 3.8) is 0 Å². The zero-order valence-corrected chi connectivity index (χ0v) is 20.4. The van der Waals surface area contributed by atoms with E-state index in [4.69, 9.17) is 4.99 Å². The predicted octanol–water partition coefficient (Wildman–Crippen LogP) is 4.19. The number of pyridine rings is 1. The largest absolute Gasteiger partial charge is 0.338 e. The monoisotopic (exact) mass is 507 g/mol. The normalized spacial score (nSPS) is 22.5. The Kier molecular flexibility index (Phi) is 6.32. The molecule has 2 unspecified atom stereocenters. The van der Waals surface area contributed by atoms with E-state index in [2.05, 4.69) is 4.98 Å². The van der Waals surface area contributed by atoms with Crippen LogP contribution in [-0.2, 0) is 11.3 Å². The van der Waals surface area contributed by atoms with E-state index in [1.165, 1.54) is 23.8 Å². The molecule has 1 fully saturated rings. The van der Waals surface area contributed by atoms with Crippen molar-refractivity contribution in [1.82, 2.24) is 19.2 Å². The lowest BCUT2D eigenvalue weighted by Gasteiger charge is -2.36. The van der Waals surface area contributed by atoms with E-state index in [0.29, 0.717) is 32.7 Å². The van der Waals surface area contributed by atoms with E-state index in [1.54, 1.807) is 11.1 Å². The molecule has 0 aliphatic carbocycles. The number of alkyl halides is 1. The topological polar surface area (TPSA) is 53.2 Å². The Morgan fingerprint density at radius 2 is 1.95 bits per heavy atom. The van der Waals surface area contributed by atoms with Crippen LogP contribution in [0.25, 0.3) is 5.65 Å². The van der Waals surface area contributed by atoms with E-state index in [9.17, 15) is 18.0 Å². The first-order valence-electron chi connectivity index (χ1n) is 12.7. The minimum atomic E-state index is -1.12. The Labute approximate surface area is 213 Å². The number of halogens is 3. The molecule has 0 N–H and O–H groups in total. The average Bonchev–Trinajstić information content (AvgIpc) is 3.54. The fraction of sp³-hybridized carbons (Fsp3) is 0.393. The molecule has 1 saturated heterocycles. The highest BCUT2D eigenvalue weighted by molar-refractivity contribution is 6.15. The molecule has 0 spiro atoms. The van der Waals surface area contributed by atoms with Gasteiger partial charge in [0, 0.05) is 74.8 Å². The van der Waals surface area contributed by atoms with Crippen LogP contribution in [0.1, 0.15) is 30.4 Å². The molecule has 2 atom stereocenters. The van der Waals surface area contributed by atoms with E-state index in [-0.39, 0.29) is 30.9 Å². The number of carbonyl (C=O) groups excluding carboxylic acids is 1. The number of rotatable bonds is 5.